The number of rotatable bonds is 2. The number of hydrogen-bond donors (Lipinski definition) is 1. The Kier molecular flexibility index (Phi) is 2.46. The second kappa shape index (κ2) is 3.84. The van der Waals surface area contributed by atoms with Gasteiger partial charge < -0.3 is 10.3 Å². The molecule has 0 spiro atoms. The fraction of sp³-hybridized carbons (Fsp3) is 0.833. The van der Waals surface area contributed by atoms with Crippen LogP contribution in [-0.4, -0.2) is 16.2 Å². The minimum atomic E-state index is 0.207. The average Bonchev–Trinajstić information content (AvgIpc) is 2.82. The molecule has 3 rings (SSSR count). The smallest absolute Gasteiger partial charge is 0.231 e. The molecular formula is C12H19N3O. The van der Waals surface area contributed by atoms with Crippen molar-refractivity contribution in [2.45, 2.75) is 56.9 Å². The minimum Gasteiger partial charge on any atom is -0.339 e. The van der Waals surface area contributed by atoms with Crippen molar-refractivity contribution in [1.82, 2.24) is 10.1 Å². The van der Waals surface area contributed by atoms with Gasteiger partial charge in [0.05, 0.1) is 5.92 Å². The quantitative estimate of drug-likeness (QED) is 0.831. The van der Waals surface area contributed by atoms with Gasteiger partial charge in [-0.05, 0) is 25.2 Å². The van der Waals surface area contributed by atoms with Gasteiger partial charge in [-0.15, -0.1) is 0 Å². The van der Waals surface area contributed by atoms with E-state index in [1.54, 1.807) is 0 Å². The summed E-state index contributed by atoms with van der Waals surface area (Å²) in [6.07, 6.45) is 5.86. The van der Waals surface area contributed by atoms with Crippen molar-refractivity contribution in [2.75, 3.05) is 0 Å². The molecular weight excluding hydrogens is 202 g/mol. The van der Waals surface area contributed by atoms with Crippen LogP contribution in [-0.2, 0) is 0 Å². The Morgan fingerprint density at radius 2 is 2.00 bits per heavy atom. The highest BCUT2D eigenvalue weighted by molar-refractivity contribution is 5.10. The number of hydrogen-bond acceptors (Lipinski definition) is 4. The average molecular weight is 221 g/mol. The summed E-state index contributed by atoms with van der Waals surface area (Å²) in [5.41, 5.74) is 6.11. The minimum absolute atomic E-state index is 0.207. The molecule has 88 valence electrons. The summed E-state index contributed by atoms with van der Waals surface area (Å²) in [5, 5.41) is 4.10. The van der Waals surface area contributed by atoms with E-state index >= 15 is 0 Å². The van der Waals surface area contributed by atoms with E-state index in [1.165, 1.54) is 19.3 Å². The molecule has 0 bridgehead atoms. The van der Waals surface area contributed by atoms with Crippen LogP contribution in [0, 0.1) is 5.92 Å². The van der Waals surface area contributed by atoms with Gasteiger partial charge in [-0.25, -0.2) is 0 Å². The van der Waals surface area contributed by atoms with E-state index in [0.717, 1.165) is 30.5 Å². The predicted octanol–water partition coefficient (Wildman–Crippen LogP) is 2.18. The van der Waals surface area contributed by atoms with Crippen LogP contribution in [0.3, 0.4) is 0 Å². The van der Waals surface area contributed by atoms with Gasteiger partial charge >= 0.3 is 0 Å². The first kappa shape index (κ1) is 10.3. The van der Waals surface area contributed by atoms with Gasteiger partial charge in [0, 0.05) is 12.0 Å². The number of nitrogens with two attached hydrogens (primary N) is 1. The first-order valence-electron chi connectivity index (χ1n) is 6.35. The molecule has 0 saturated heterocycles. The maximum atomic E-state index is 6.11. The lowest BCUT2D eigenvalue weighted by molar-refractivity contribution is 0.289. The van der Waals surface area contributed by atoms with Crippen LogP contribution >= 0.6 is 0 Å². The highest BCUT2D eigenvalue weighted by atomic mass is 16.5. The Morgan fingerprint density at radius 3 is 2.69 bits per heavy atom. The van der Waals surface area contributed by atoms with Crippen molar-refractivity contribution >= 4 is 0 Å². The Labute approximate surface area is 95.6 Å². The Balaban J connectivity index is 1.75. The summed E-state index contributed by atoms with van der Waals surface area (Å²) in [4.78, 5) is 4.54. The van der Waals surface area contributed by atoms with Crippen molar-refractivity contribution in [3.05, 3.63) is 11.7 Å². The molecule has 0 amide bonds. The highest BCUT2D eigenvalue weighted by Crippen LogP contribution is 2.46. The molecule has 1 heterocycles. The molecule has 0 aliphatic heterocycles. The third kappa shape index (κ3) is 1.75. The molecule has 1 aromatic heterocycles. The standard InChI is InChI=1S/C12H19N3O/c1-7-6-9(7)11-14-12(16-15-11)8-4-2-3-5-10(8)13/h7-10H,2-6,13H2,1H3. The second-order valence-electron chi connectivity index (χ2n) is 5.37. The zero-order valence-corrected chi connectivity index (χ0v) is 9.72. The van der Waals surface area contributed by atoms with Crippen molar-refractivity contribution in [3.8, 4) is 0 Å². The molecule has 1 aromatic rings. The van der Waals surface area contributed by atoms with Gasteiger partial charge in [-0.1, -0.05) is 24.9 Å². The summed E-state index contributed by atoms with van der Waals surface area (Å²) in [5.74, 6) is 3.24. The van der Waals surface area contributed by atoms with Crippen molar-refractivity contribution in [2.24, 2.45) is 11.7 Å². The molecule has 2 fully saturated rings. The molecule has 0 radical (unpaired) electrons. The molecule has 4 unspecified atom stereocenters. The summed E-state index contributed by atoms with van der Waals surface area (Å²) >= 11 is 0. The van der Waals surface area contributed by atoms with Crippen LogP contribution < -0.4 is 5.73 Å². The Bertz CT molecular complexity index is 376. The molecule has 2 saturated carbocycles. The van der Waals surface area contributed by atoms with Crippen LogP contribution in [0.1, 0.15) is 62.6 Å². The fourth-order valence-corrected chi connectivity index (χ4v) is 2.70. The van der Waals surface area contributed by atoms with Crippen LogP contribution in [0.5, 0.6) is 0 Å². The lowest BCUT2D eigenvalue weighted by atomic mass is 9.85. The normalized spacial score (nSPS) is 38.6. The van der Waals surface area contributed by atoms with E-state index in [0.29, 0.717) is 11.8 Å². The summed E-state index contributed by atoms with van der Waals surface area (Å²) < 4.78 is 5.38. The maximum Gasteiger partial charge on any atom is 0.231 e. The monoisotopic (exact) mass is 221 g/mol. The van der Waals surface area contributed by atoms with Crippen molar-refractivity contribution in [3.63, 3.8) is 0 Å². The summed E-state index contributed by atoms with van der Waals surface area (Å²) in [6, 6.07) is 0.207. The van der Waals surface area contributed by atoms with Gasteiger partial charge in [0.2, 0.25) is 5.89 Å². The zero-order valence-electron chi connectivity index (χ0n) is 9.72. The lowest BCUT2D eigenvalue weighted by Crippen LogP contribution is -2.31. The van der Waals surface area contributed by atoms with E-state index in [2.05, 4.69) is 17.1 Å². The van der Waals surface area contributed by atoms with Gasteiger partial charge in [0.25, 0.3) is 0 Å². The molecule has 0 aromatic carbocycles. The number of aromatic nitrogens is 2. The van der Waals surface area contributed by atoms with Crippen LogP contribution in [0.2, 0.25) is 0 Å². The van der Waals surface area contributed by atoms with Crippen LogP contribution in [0.4, 0.5) is 0 Å². The second-order valence-corrected chi connectivity index (χ2v) is 5.37. The Morgan fingerprint density at radius 1 is 1.25 bits per heavy atom. The predicted molar refractivity (Wildman–Crippen MR) is 60.0 cm³/mol. The molecule has 2 aliphatic rings. The Hall–Kier alpha value is -0.900. The van der Waals surface area contributed by atoms with Gasteiger partial charge in [0.1, 0.15) is 0 Å². The zero-order chi connectivity index (χ0) is 11.1. The molecule has 2 N–H and O–H groups in total. The molecule has 2 aliphatic carbocycles. The third-order valence-electron chi connectivity index (χ3n) is 4.04. The van der Waals surface area contributed by atoms with Crippen molar-refractivity contribution < 1.29 is 4.52 Å². The summed E-state index contributed by atoms with van der Waals surface area (Å²) in [6.45, 7) is 2.23. The van der Waals surface area contributed by atoms with E-state index in [1.807, 2.05) is 0 Å². The van der Waals surface area contributed by atoms with E-state index in [4.69, 9.17) is 10.3 Å². The van der Waals surface area contributed by atoms with E-state index in [-0.39, 0.29) is 6.04 Å². The molecule has 16 heavy (non-hydrogen) atoms. The molecule has 4 atom stereocenters. The maximum absolute atomic E-state index is 6.11. The largest absolute Gasteiger partial charge is 0.339 e. The molecule has 4 heteroatoms. The van der Waals surface area contributed by atoms with Gasteiger partial charge in [-0.3, -0.25) is 0 Å². The third-order valence-corrected chi connectivity index (χ3v) is 4.04. The van der Waals surface area contributed by atoms with Crippen LogP contribution in [0.15, 0.2) is 4.52 Å². The van der Waals surface area contributed by atoms with Gasteiger partial charge in [-0.2, -0.15) is 4.98 Å². The summed E-state index contributed by atoms with van der Waals surface area (Å²) in [7, 11) is 0. The van der Waals surface area contributed by atoms with Crippen molar-refractivity contribution in [1.29, 1.82) is 0 Å². The van der Waals surface area contributed by atoms with Gasteiger partial charge in [0.15, 0.2) is 5.82 Å². The first-order chi connectivity index (χ1) is 7.75. The fourth-order valence-electron chi connectivity index (χ4n) is 2.70. The van der Waals surface area contributed by atoms with E-state index < -0.39 is 0 Å². The first-order valence-corrected chi connectivity index (χ1v) is 6.35. The molecule has 4 nitrogen and oxygen atoms in total. The SMILES string of the molecule is CC1CC1c1noc(C2CCCCC2N)n1. The lowest BCUT2D eigenvalue weighted by Gasteiger charge is -2.25. The highest BCUT2D eigenvalue weighted by Gasteiger charge is 2.39. The van der Waals surface area contributed by atoms with Crippen LogP contribution in [0.25, 0.3) is 0 Å². The number of nitrogens with zero attached hydrogens (tertiary/aromatic N) is 2. The van der Waals surface area contributed by atoms with E-state index in [9.17, 15) is 0 Å². The topological polar surface area (TPSA) is 64.9 Å².